The van der Waals surface area contributed by atoms with Crippen LogP contribution < -0.4 is 5.32 Å². The van der Waals surface area contributed by atoms with Gasteiger partial charge in [0.1, 0.15) is 0 Å². The Bertz CT molecular complexity index is 396. The zero-order valence-electron chi connectivity index (χ0n) is 12.0. The van der Waals surface area contributed by atoms with Crippen molar-refractivity contribution in [2.75, 3.05) is 13.1 Å². The fraction of sp³-hybridized carbons (Fsp3) is 0.769. The summed E-state index contributed by atoms with van der Waals surface area (Å²) in [6.45, 7) is 5.90. The van der Waals surface area contributed by atoms with Crippen LogP contribution in [0.15, 0.2) is 0 Å². The average Bonchev–Trinajstić information content (AvgIpc) is 2.36. The number of piperidine rings is 1. The number of carbonyl (C=O) groups is 3. The van der Waals surface area contributed by atoms with E-state index in [4.69, 9.17) is 10.2 Å². The lowest BCUT2D eigenvalue weighted by atomic mass is 9.85. The highest BCUT2D eigenvalue weighted by Crippen LogP contribution is 2.25. The van der Waals surface area contributed by atoms with Gasteiger partial charge in [0.25, 0.3) is 0 Å². The standard InChI is InChI=1S/C13H22N2O5/c1-7(2)14-11(16)8(3)15-5-4-9(12(17)18)10(6-15)13(19)20/h7-10H,4-6H2,1-3H3,(H,14,16)(H,17,18)(H,19,20). The number of amides is 1. The maximum atomic E-state index is 11.9. The predicted molar refractivity (Wildman–Crippen MR) is 71.2 cm³/mol. The Morgan fingerprint density at radius 2 is 1.65 bits per heavy atom. The van der Waals surface area contributed by atoms with Crippen molar-refractivity contribution in [3.05, 3.63) is 0 Å². The van der Waals surface area contributed by atoms with Gasteiger partial charge in [0, 0.05) is 12.6 Å². The molecule has 1 amide bonds. The van der Waals surface area contributed by atoms with E-state index in [1.54, 1.807) is 11.8 Å². The summed E-state index contributed by atoms with van der Waals surface area (Å²) in [4.78, 5) is 35.9. The van der Waals surface area contributed by atoms with Crippen LogP contribution in [-0.4, -0.2) is 58.1 Å². The molecule has 0 aromatic heterocycles. The molecule has 1 fully saturated rings. The largest absolute Gasteiger partial charge is 0.481 e. The summed E-state index contributed by atoms with van der Waals surface area (Å²) in [5, 5.41) is 21.0. The van der Waals surface area contributed by atoms with Crippen LogP contribution in [0.4, 0.5) is 0 Å². The summed E-state index contributed by atoms with van der Waals surface area (Å²) in [6, 6.07) is -0.453. The molecule has 0 aromatic rings. The van der Waals surface area contributed by atoms with Crippen molar-refractivity contribution in [3.8, 4) is 0 Å². The van der Waals surface area contributed by atoms with Crippen molar-refractivity contribution >= 4 is 17.8 Å². The molecule has 7 heteroatoms. The van der Waals surface area contributed by atoms with E-state index >= 15 is 0 Å². The van der Waals surface area contributed by atoms with Crippen LogP contribution in [0.1, 0.15) is 27.2 Å². The first-order valence-electron chi connectivity index (χ1n) is 6.74. The maximum Gasteiger partial charge on any atom is 0.308 e. The van der Waals surface area contributed by atoms with E-state index in [9.17, 15) is 14.4 Å². The van der Waals surface area contributed by atoms with Crippen molar-refractivity contribution < 1.29 is 24.6 Å². The summed E-state index contributed by atoms with van der Waals surface area (Å²) < 4.78 is 0. The van der Waals surface area contributed by atoms with E-state index in [0.717, 1.165) is 0 Å². The molecule has 1 heterocycles. The van der Waals surface area contributed by atoms with Gasteiger partial charge in [-0.2, -0.15) is 0 Å². The van der Waals surface area contributed by atoms with Crippen molar-refractivity contribution in [2.45, 2.75) is 39.3 Å². The zero-order valence-corrected chi connectivity index (χ0v) is 12.0. The summed E-state index contributed by atoms with van der Waals surface area (Å²) >= 11 is 0. The van der Waals surface area contributed by atoms with E-state index in [1.807, 2.05) is 13.8 Å². The van der Waals surface area contributed by atoms with Gasteiger partial charge in [-0.3, -0.25) is 19.3 Å². The molecule has 3 atom stereocenters. The highest BCUT2D eigenvalue weighted by molar-refractivity contribution is 5.82. The van der Waals surface area contributed by atoms with Crippen LogP contribution in [0.5, 0.6) is 0 Å². The lowest BCUT2D eigenvalue weighted by Crippen LogP contribution is -2.54. The van der Waals surface area contributed by atoms with Crippen LogP contribution in [0, 0.1) is 11.8 Å². The highest BCUT2D eigenvalue weighted by Gasteiger charge is 2.40. The Labute approximate surface area is 117 Å². The van der Waals surface area contributed by atoms with E-state index in [0.29, 0.717) is 6.54 Å². The van der Waals surface area contributed by atoms with E-state index in [1.165, 1.54) is 0 Å². The minimum absolute atomic E-state index is 0.0109. The van der Waals surface area contributed by atoms with Crippen LogP contribution in [0.2, 0.25) is 0 Å². The first-order chi connectivity index (χ1) is 9.23. The predicted octanol–water partition coefficient (Wildman–Crippen LogP) is 0.00680. The molecule has 0 radical (unpaired) electrons. The fourth-order valence-electron chi connectivity index (χ4n) is 2.45. The minimum Gasteiger partial charge on any atom is -0.481 e. The number of nitrogens with one attached hydrogen (secondary N) is 1. The lowest BCUT2D eigenvalue weighted by molar-refractivity contribution is -0.158. The number of likely N-dealkylation sites (tertiary alicyclic amines) is 1. The Kier molecular flexibility index (Phi) is 5.50. The summed E-state index contributed by atoms with van der Waals surface area (Å²) in [7, 11) is 0. The molecular weight excluding hydrogens is 264 g/mol. The van der Waals surface area contributed by atoms with Gasteiger partial charge in [-0.1, -0.05) is 0 Å². The fourth-order valence-corrected chi connectivity index (χ4v) is 2.45. The Morgan fingerprint density at radius 3 is 2.10 bits per heavy atom. The van der Waals surface area contributed by atoms with Gasteiger partial charge in [0.05, 0.1) is 17.9 Å². The first-order valence-corrected chi connectivity index (χ1v) is 6.74. The molecule has 1 aliphatic rings. The van der Waals surface area contributed by atoms with Gasteiger partial charge in [-0.15, -0.1) is 0 Å². The molecule has 7 nitrogen and oxygen atoms in total. The molecule has 20 heavy (non-hydrogen) atoms. The molecule has 3 unspecified atom stereocenters. The number of hydrogen-bond donors (Lipinski definition) is 3. The van der Waals surface area contributed by atoms with Gasteiger partial charge >= 0.3 is 11.9 Å². The van der Waals surface area contributed by atoms with Gasteiger partial charge < -0.3 is 15.5 Å². The number of rotatable bonds is 5. The second-order valence-electron chi connectivity index (χ2n) is 5.51. The van der Waals surface area contributed by atoms with Crippen LogP contribution in [0.3, 0.4) is 0 Å². The quantitative estimate of drug-likeness (QED) is 0.657. The smallest absolute Gasteiger partial charge is 0.308 e. The van der Waals surface area contributed by atoms with Crippen LogP contribution >= 0.6 is 0 Å². The molecule has 1 aliphatic heterocycles. The van der Waals surface area contributed by atoms with Gasteiger partial charge in [-0.25, -0.2) is 0 Å². The number of nitrogens with zero attached hydrogens (tertiary/aromatic N) is 1. The van der Waals surface area contributed by atoms with Gasteiger partial charge in [-0.05, 0) is 33.7 Å². The summed E-state index contributed by atoms with van der Waals surface area (Å²) in [6.07, 6.45) is 0.242. The van der Waals surface area contributed by atoms with Crippen molar-refractivity contribution in [2.24, 2.45) is 11.8 Å². The second-order valence-corrected chi connectivity index (χ2v) is 5.51. The van der Waals surface area contributed by atoms with E-state index in [-0.39, 0.29) is 24.9 Å². The Morgan fingerprint density at radius 1 is 1.10 bits per heavy atom. The highest BCUT2D eigenvalue weighted by atomic mass is 16.4. The van der Waals surface area contributed by atoms with Gasteiger partial charge in [0.2, 0.25) is 5.91 Å². The van der Waals surface area contributed by atoms with Crippen molar-refractivity contribution in [3.63, 3.8) is 0 Å². The molecular formula is C13H22N2O5. The molecule has 0 aliphatic carbocycles. The first kappa shape index (κ1) is 16.4. The molecule has 114 valence electrons. The zero-order chi connectivity index (χ0) is 15.4. The number of carbonyl (C=O) groups excluding carboxylic acids is 1. The van der Waals surface area contributed by atoms with E-state index in [2.05, 4.69) is 5.32 Å². The number of carboxylic acid groups (broad SMARTS) is 2. The third-order valence-electron chi connectivity index (χ3n) is 3.64. The minimum atomic E-state index is -1.13. The number of aliphatic carboxylic acids is 2. The van der Waals surface area contributed by atoms with E-state index < -0.39 is 29.8 Å². The normalized spacial score (nSPS) is 25.2. The third kappa shape index (κ3) is 3.93. The average molecular weight is 286 g/mol. The Balaban J connectivity index is 2.73. The monoisotopic (exact) mass is 286 g/mol. The summed E-state index contributed by atoms with van der Waals surface area (Å²) in [5.74, 6) is -4.24. The topological polar surface area (TPSA) is 107 Å². The van der Waals surface area contributed by atoms with Crippen molar-refractivity contribution in [1.29, 1.82) is 0 Å². The lowest BCUT2D eigenvalue weighted by Gasteiger charge is -2.37. The second kappa shape index (κ2) is 6.69. The van der Waals surface area contributed by atoms with Crippen LogP contribution in [-0.2, 0) is 14.4 Å². The third-order valence-corrected chi connectivity index (χ3v) is 3.64. The van der Waals surface area contributed by atoms with Crippen LogP contribution in [0.25, 0.3) is 0 Å². The molecule has 0 bridgehead atoms. The van der Waals surface area contributed by atoms with Crippen molar-refractivity contribution in [1.82, 2.24) is 10.2 Å². The van der Waals surface area contributed by atoms with Gasteiger partial charge in [0.15, 0.2) is 0 Å². The number of carboxylic acids is 2. The molecule has 1 rings (SSSR count). The molecule has 0 saturated carbocycles. The summed E-state index contributed by atoms with van der Waals surface area (Å²) in [5.41, 5.74) is 0. The Hall–Kier alpha value is -1.63. The molecule has 0 spiro atoms. The molecule has 0 aromatic carbocycles. The maximum absolute atomic E-state index is 11.9. The number of hydrogen-bond acceptors (Lipinski definition) is 4. The molecule has 1 saturated heterocycles. The molecule has 3 N–H and O–H groups in total. The SMILES string of the molecule is CC(C)NC(=O)C(C)N1CCC(C(=O)O)C(C(=O)O)C1.